The van der Waals surface area contributed by atoms with Crippen LogP contribution < -0.4 is 5.32 Å². The van der Waals surface area contributed by atoms with Crippen LogP contribution in [0.2, 0.25) is 5.02 Å². The number of hydrogen-bond donors (Lipinski definition) is 1. The Morgan fingerprint density at radius 3 is 2.50 bits per heavy atom. The van der Waals surface area contributed by atoms with E-state index >= 15 is 0 Å². The third-order valence-corrected chi connectivity index (χ3v) is 5.47. The van der Waals surface area contributed by atoms with E-state index in [1.165, 1.54) is 26.2 Å². The maximum absolute atomic E-state index is 12.1. The number of anilines is 1. The molecule has 0 radical (unpaired) electrons. The molecule has 1 N–H and O–H groups in total. The number of nitrogens with one attached hydrogen (secondary N) is 1. The van der Waals surface area contributed by atoms with Crippen molar-refractivity contribution in [2.75, 3.05) is 19.4 Å². The third kappa shape index (κ3) is 4.80. The van der Waals surface area contributed by atoms with Crippen molar-refractivity contribution in [2.45, 2.75) is 17.7 Å². The highest BCUT2D eigenvalue weighted by Gasteiger charge is 2.17. The van der Waals surface area contributed by atoms with Crippen LogP contribution in [0.3, 0.4) is 0 Å². The van der Waals surface area contributed by atoms with Gasteiger partial charge in [-0.3, -0.25) is 4.79 Å². The van der Waals surface area contributed by atoms with Gasteiger partial charge in [0.25, 0.3) is 0 Å². The van der Waals surface area contributed by atoms with Gasteiger partial charge in [-0.25, -0.2) is 12.7 Å². The summed E-state index contributed by atoms with van der Waals surface area (Å²) in [7, 11) is -0.600. The molecule has 0 aliphatic rings. The maximum Gasteiger partial charge on any atom is 0.242 e. The van der Waals surface area contributed by atoms with Crippen LogP contribution in [0, 0.1) is 0 Å². The van der Waals surface area contributed by atoms with Gasteiger partial charge in [-0.05, 0) is 42.3 Å². The lowest BCUT2D eigenvalue weighted by atomic mass is 10.1. The van der Waals surface area contributed by atoms with Crippen molar-refractivity contribution in [3.05, 3.63) is 59.1 Å². The summed E-state index contributed by atoms with van der Waals surface area (Å²) >= 11 is 5.91. The molecular formula is C17H19ClN2O3S. The second kappa shape index (κ2) is 7.79. The first-order valence-electron chi connectivity index (χ1n) is 7.36. The van der Waals surface area contributed by atoms with Gasteiger partial charge in [-0.2, -0.15) is 0 Å². The molecule has 0 atom stereocenters. The molecule has 2 aromatic rings. The molecule has 0 unspecified atom stereocenters. The van der Waals surface area contributed by atoms with E-state index in [0.29, 0.717) is 17.1 Å². The van der Waals surface area contributed by atoms with Crippen LogP contribution in [-0.4, -0.2) is 32.7 Å². The molecule has 0 bridgehead atoms. The third-order valence-electron chi connectivity index (χ3n) is 3.43. The molecule has 0 spiro atoms. The van der Waals surface area contributed by atoms with Crippen LogP contribution in [0.15, 0.2) is 53.4 Å². The Balaban J connectivity index is 2.02. The second-order valence-electron chi connectivity index (χ2n) is 5.49. The zero-order valence-electron chi connectivity index (χ0n) is 13.5. The van der Waals surface area contributed by atoms with Crippen molar-refractivity contribution in [2.24, 2.45) is 0 Å². The molecule has 128 valence electrons. The van der Waals surface area contributed by atoms with E-state index in [-0.39, 0.29) is 17.2 Å². The molecule has 7 heteroatoms. The van der Waals surface area contributed by atoms with E-state index in [1.54, 1.807) is 18.2 Å². The molecule has 0 saturated heterocycles. The van der Waals surface area contributed by atoms with Gasteiger partial charge >= 0.3 is 0 Å². The van der Waals surface area contributed by atoms with Gasteiger partial charge in [0.15, 0.2) is 0 Å². The summed E-state index contributed by atoms with van der Waals surface area (Å²) in [4.78, 5) is 12.2. The predicted octanol–water partition coefficient (Wildman–Crippen LogP) is 3.16. The van der Waals surface area contributed by atoms with E-state index in [2.05, 4.69) is 5.32 Å². The summed E-state index contributed by atoms with van der Waals surface area (Å²) in [6.45, 7) is 0. The highest BCUT2D eigenvalue weighted by Crippen LogP contribution is 2.18. The molecule has 0 saturated carbocycles. The summed E-state index contributed by atoms with van der Waals surface area (Å²) in [5.74, 6) is -0.186. The Kier molecular flexibility index (Phi) is 5.99. The SMILES string of the molecule is CN(C)S(=O)(=O)c1cccc(NC(=O)CCc2cccc(Cl)c2)c1. The number of nitrogens with zero attached hydrogens (tertiary/aromatic N) is 1. The molecule has 5 nitrogen and oxygen atoms in total. The van der Waals surface area contributed by atoms with E-state index in [4.69, 9.17) is 11.6 Å². The fraction of sp³-hybridized carbons (Fsp3) is 0.235. The molecule has 0 aromatic heterocycles. The van der Waals surface area contributed by atoms with Crippen LogP contribution >= 0.6 is 11.6 Å². The van der Waals surface area contributed by atoms with Crippen molar-refractivity contribution in [1.82, 2.24) is 4.31 Å². The van der Waals surface area contributed by atoms with Gasteiger partial charge in [0, 0.05) is 31.2 Å². The van der Waals surface area contributed by atoms with E-state index in [1.807, 2.05) is 18.2 Å². The first-order chi connectivity index (χ1) is 11.3. The van der Waals surface area contributed by atoms with E-state index < -0.39 is 10.0 Å². The Labute approximate surface area is 147 Å². The normalized spacial score (nSPS) is 11.5. The number of amides is 1. The van der Waals surface area contributed by atoms with Crippen LogP contribution in [0.25, 0.3) is 0 Å². The smallest absolute Gasteiger partial charge is 0.242 e. The van der Waals surface area contributed by atoms with Gasteiger partial charge in [0.2, 0.25) is 15.9 Å². The molecule has 24 heavy (non-hydrogen) atoms. The first-order valence-corrected chi connectivity index (χ1v) is 9.18. The maximum atomic E-state index is 12.1. The molecule has 0 fully saturated rings. The number of hydrogen-bond acceptors (Lipinski definition) is 3. The van der Waals surface area contributed by atoms with Crippen molar-refractivity contribution < 1.29 is 13.2 Å². The van der Waals surface area contributed by atoms with Crippen molar-refractivity contribution in [3.63, 3.8) is 0 Å². The number of benzene rings is 2. The van der Waals surface area contributed by atoms with Gasteiger partial charge in [0.05, 0.1) is 4.90 Å². The van der Waals surface area contributed by atoms with Crippen molar-refractivity contribution in [1.29, 1.82) is 0 Å². The fourth-order valence-electron chi connectivity index (χ4n) is 2.12. The van der Waals surface area contributed by atoms with Crippen LogP contribution in [0.1, 0.15) is 12.0 Å². The highest BCUT2D eigenvalue weighted by molar-refractivity contribution is 7.89. The molecule has 2 aromatic carbocycles. The highest BCUT2D eigenvalue weighted by atomic mass is 35.5. The quantitative estimate of drug-likeness (QED) is 0.853. The largest absolute Gasteiger partial charge is 0.326 e. The van der Waals surface area contributed by atoms with Crippen LogP contribution in [0.4, 0.5) is 5.69 Å². The summed E-state index contributed by atoms with van der Waals surface area (Å²) in [5.41, 5.74) is 1.43. The summed E-state index contributed by atoms with van der Waals surface area (Å²) < 4.78 is 25.4. The molecule has 0 heterocycles. The monoisotopic (exact) mass is 366 g/mol. The number of sulfonamides is 1. The number of carbonyl (C=O) groups excluding carboxylic acids is 1. The topological polar surface area (TPSA) is 66.5 Å². The number of halogens is 1. The average Bonchev–Trinajstić information content (AvgIpc) is 2.53. The Hall–Kier alpha value is -1.89. The minimum absolute atomic E-state index is 0.139. The van der Waals surface area contributed by atoms with Gasteiger partial charge in [-0.15, -0.1) is 0 Å². The minimum Gasteiger partial charge on any atom is -0.326 e. The summed E-state index contributed by atoms with van der Waals surface area (Å²) in [6.07, 6.45) is 0.840. The lowest BCUT2D eigenvalue weighted by Gasteiger charge is -2.12. The minimum atomic E-state index is -3.53. The fourth-order valence-corrected chi connectivity index (χ4v) is 3.28. The van der Waals surface area contributed by atoms with E-state index in [9.17, 15) is 13.2 Å². The average molecular weight is 367 g/mol. The molecule has 2 rings (SSSR count). The van der Waals surface area contributed by atoms with Gasteiger partial charge in [-0.1, -0.05) is 29.8 Å². The van der Waals surface area contributed by atoms with Crippen LogP contribution in [0.5, 0.6) is 0 Å². The Morgan fingerprint density at radius 1 is 1.12 bits per heavy atom. The molecular weight excluding hydrogens is 348 g/mol. The van der Waals surface area contributed by atoms with Gasteiger partial charge in [0.1, 0.15) is 0 Å². The lowest BCUT2D eigenvalue weighted by Crippen LogP contribution is -2.22. The number of rotatable bonds is 6. The Bertz CT molecular complexity index is 835. The van der Waals surface area contributed by atoms with Gasteiger partial charge < -0.3 is 5.32 Å². The first kappa shape index (κ1) is 18.4. The summed E-state index contributed by atoms with van der Waals surface area (Å²) in [6, 6.07) is 13.5. The Morgan fingerprint density at radius 2 is 1.83 bits per heavy atom. The summed E-state index contributed by atoms with van der Waals surface area (Å²) in [5, 5.41) is 3.36. The zero-order chi connectivity index (χ0) is 17.7. The number of aryl methyl sites for hydroxylation is 1. The zero-order valence-corrected chi connectivity index (χ0v) is 15.1. The van der Waals surface area contributed by atoms with Crippen molar-refractivity contribution >= 4 is 33.2 Å². The lowest BCUT2D eigenvalue weighted by molar-refractivity contribution is -0.116. The van der Waals surface area contributed by atoms with Crippen molar-refractivity contribution in [3.8, 4) is 0 Å². The van der Waals surface area contributed by atoms with E-state index in [0.717, 1.165) is 9.87 Å². The molecule has 0 aliphatic carbocycles. The van der Waals surface area contributed by atoms with Crippen LogP contribution in [-0.2, 0) is 21.2 Å². The predicted molar refractivity (Wildman–Crippen MR) is 95.7 cm³/mol. The standard InChI is InChI=1S/C17H19ClN2O3S/c1-20(2)24(22,23)16-8-4-7-15(12-16)19-17(21)10-9-13-5-3-6-14(18)11-13/h3-8,11-12H,9-10H2,1-2H3,(H,19,21). The second-order valence-corrected chi connectivity index (χ2v) is 8.08. The molecule has 0 aliphatic heterocycles. The number of carbonyl (C=O) groups is 1. The molecule has 1 amide bonds.